The van der Waals surface area contributed by atoms with Crippen molar-refractivity contribution >= 4 is 16.5 Å². The van der Waals surface area contributed by atoms with Crippen LogP contribution < -0.4 is 5.32 Å². The molecule has 1 N–H and O–H groups in total. The minimum Gasteiger partial charge on any atom is -0.378 e. The monoisotopic (exact) mass is 322 g/mol. The maximum atomic E-state index is 12.5. The normalized spacial score (nSPS) is 23.5. The molecule has 2 heterocycles. The molecule has 120 valence electrons. The van der Waals surface area contributed by atoms with E-state index in [1.807, 2.05) is 0 Å². The van der Waals surface area contributed by atoms with Crippen LogP contribution in [-0.2, 0) is 10.9 Å². The molecule has 0 spiro atoms. The molecule has 2 rings (SSSR count). The Morgan fingerprint density at radius 2 is 2.14 bits per heavy atom. The van der Waals surface area contributed by atoms with Gasteiger partial charge in [-0.05, 0) is 18.8 Å². The van der Waals surface area contributed by atoms with Crippen LogP contribution in [0.3, 0.4) is 0 Å². The molecule has 1 aliphatic heterocycles. The summed E-state index contributed by atoms with van der Waals surface area (Å²) in [4.78, 5) is 3.63. The lowest BCUT2D eigenvalue weighted by Gasteiger charge is -2.34. The van der Waals surface area contributed by atoms with Gasteiger partial charge in [0.2, 0.25) is 0 Å². The van der Waals surface area contributed by atoms with Crippen molar-refractivity contribution in [2.45, 2.75) is 57.9 Å². The molecule has 1 aromatic rings. The number of thiazole rings is 1. The Morgan fingerprint density at radius 1 is 1.43 bits per heavy atom. The fourth-order valence-corrected chi connectivity index (χ4v) is 3.54. The van der Waals surface area contributed by atoms with Gasteiger partial charge in [-0.15, -0.1) is 11.3 Å². The highest BCUT2D eigenvalue weighted by Crippen LogP contribution is 2.33. The third-order valence-electron chi connectivity index (χ3n) is 4.01. The molecular formula is C14H21F3N2OS. The summed E-state index contributed by atoms with van der Waals surface area (Å²) in [5, 5.41) is 4.53. The van der Waals surface area contributed by atoms with E-state index in [0.29, 0.717) is 17.7 Å². The van der Waals surface area contributed by atoms with E-state index >= 15 is 0 Å². The fraction of sp³-hybridized carbons (Fsp3) is 0.786. The van der Waals surface area contributed by atoms with Gasteiger partial charge < -0.3 is 10.1 Å². The molecular weight excluding hydrogens is 301 g/mol. The van der Waals surface area contributed by atoms with Crippen LogP contribution in [0.1, 0.15) is 45.2 Å². The van der Waals surface area contributed by atoms with Gasteiger partial charge in [0, 0.05) is 18.0 Å². The lowest BCUT2D eigenvalue weighted by Crippen LogP contribution is -2.37. The molecule has 3 nitrogen and oxygen atoms in total. The quantitative estimate of drug-likeness (QED) is 0.863. The molecule has 21 heavy (non-hydrogen) atoms. The second-order valence-corrected chi connectivity index (χ2v) is 6.25. The molecule has 1 fully saturated rings. The first-order valence-corrected chi connectivity index (χ1v) is 8.22. The maximum absolute atomic E-state index is 12.5. The number of hydrogen-bond donors (Lipinski definition) is 1. The number of nitrogens with one attached hydrogen (secondary N) is 1. The van der Waals surface area contributed by atoms with Crippen LogP contribution in [0.15, 0.2) is 5.38 Å². The van der Waals surface area contributed by atoms with Crippen LogP contribution in [0.25, 0.3) is 0 Å². The predicted molar refractivity (Wildman–Crippen MR) is 77.6 cm³/mol. The van der Waals surface area contributed by atoms with Gasteiger partial charge in [0.25, 0.3) is 0 Å². The van der Waals surface area contributed by atoms with E-state index in [0.717, 1.165) is 42.4 Å². The van der Waals surface area contributed by atoms with Crippen molar-refractivity contribution in [3.05, 3.63) is 11.1 Å². The van der Waals surface area contributed by atoms with Crippen LogP contribution in [0.2, 0.25) is 0 Å². The lowest BCUT2D eigenvalue weighted by molar-refractivity contribution is -0.140. The SMILES string of the molecule is CCC(CC)C1CC(Nc2nc(C(F)(F)F)cs2)CCO1. The van der Waals surface area contributed by atoms with E-state index in [2.05, 4.69) is 24.1 Å². The Bertz CT molecular complexity index is 446. The second kappa shape index (κ2) is 6.96. The number of halogens is 3. The van der Waals surface area contributed by atoms with Crippen LogP contribution in [0.4, 0.5) is 18.3 Å². The van der Waals surface area contributed by atoms with Crippen LogP contribution >= 0.6 is 11.3 Å². The standard InChI is InChI=1S/C14H21F3N2OS/c1-3-9(4-2)11-7-10(5-6-20-11)18-13-19-12(8-21-13)14(15,16)17/h8-11H,3-7H2,1-2H3,(H,18,19). The first-order chi connectivity index (χ1) is 9.94. The first-order valence-electron chi connectivity index (χ1n) is 7.34. The second-order valence-electron chi connectivity index (χ2n) is 5.39. The highest BCUT2D eigenvalue weighted by Gasteiger charge is 2.34. The number of aromatic nitrogens is 1. The maximum Gasteiger partial charge on any atom is 0.434 e. The molecule has 2 atom stereocenters. The van der Waals surface area contributed by atoms with Gasteiger partial charge in [-0.1, -0.05) is 26.7 Å². The van der Waals surface area contributed by atoms with Crippen molar-refractivity contribution in [3.8, 4) is 0 Å². The average Bonchev–Trinajstić information content (AvgIpc) is 2.89. The predicted octanol–water partition coefficient (Wildman–Crippen LogP) is 4.56. The zero-order chi connectivity index (χ0) is 15.5. The zero-order valence-electron chi connectivity index (χ0n) is 12.2. The van der Waals surface area contributed by atoms with E-state index in [4.69, 9.17) is 4.74 Å². The molecule has 7 heteroatoms. The molecule has 0 bridgehead atoms. The summed E-state index contributed by atoms with van der Waals surface area (Å²) >= 11 is 1.01. The Morgan fingerprint density at radius 3 is 2.71 bits per heavy atom. The van der Waals surface area contributed by atoms with Gasteiger partial charge in [-0.2, -0.15) is 13.2 Å². The van der Waals surface area contributed by atoms with E-state index in [1.165, 1.54) is 0 Å². The molecule has 0 aliphatic carbocycles. The van der Waals surface area contributed by atoms with E-state index in [9.17, 15) is 13.2 Å². The summed E-state index contributed by atoms with van der Waals surface area (Å²) < 4.78 is 43.4. The van der Waals surface area contributed by atoms with Gasteiger partial charge in [0.1, 0.15) is 0 Å². The number of ether oxygens (including phenoxy) is 1. The molecule has 0 amide bonds. The fourth-order valence-electron chi connectivity index (χ4n) is 2.75. The Kier molecular flexibility index (Phi) is 5.48. The van der Waals surface area contributed by atoms with Gasteiger partial charge in [0.15, 0.2) is 10.8 Å². The van der Waals surface area contributed by atoms with Crippen molar-refractivity contribution in [1.29, 1.82) is 0 Å². The van der Waals surface area contributed by atoms with Crippen molar-refractivity contribution in [2.24, 2.45) is 5.92 Å². The van der Waals surface area contributed by atoms with Crippen molar-refractivity contribution in [3.63, 3.8) is 0 Å². The summed E-state index contributed by atoms with van der Waals surface area (Å²) in [5.41, 5.74) is -0.821. The topological polar surface area (TPSA) is 34.2 Å². The third-order valence-corrected chi connectivity index (χ3v) is 4.79. The summed E-state index contributed by atoms with van der Waals surface area (Å²) in [6.45, 7) is 4.94. The van der Waals surface area contributed by atoms with Crippen LogP contribution in [-0.4, -0.2) is 23.7 Å². The number of hydrogen-bond acceptors (Lipinski definition) is 4. The van der Waals surface area contributed by atoms with Gasteiger partial charge in [0.05, 0.1) is 6.10 Å². The zero-order valence-corrected chi connectivity index (χ0v) is 13.1. The lowest BCUT2D eigenvalue weighted by atomic mass is 9.89. The third kappa shape index (κ3) is 4.32. The van der Waals surface area contributed by atoms with Gasteiger partial charge in [-0.25, -0.2) is 4.98 Å². The minimum atomic E-state index is -4.37. The number of rotatable bonds is 5. The Balaban J connectivity index is 1.95. The minimum absolute atomic E-state index is 0.136. The average molecular weight is 322 g/mol. The first kappa shape index (κ1) is 16.5. The highest BCUT2D eigenvalue weighted by molar-refractivity contribution is 7.13. The summed E-state index contributed by atoms with van der Waals surface area (Å²) in [7, 11) is 0. The van der Waals surface area contributed by atoms with Gasteiger partial charge >= 0.3 is 6.18 Å². The Hall–Kier alpha value is -0.820. The number of alkyl halides is 3. The summed E-state index contributed by atoms with van der Waals surface area (Å²) in [6.07, 6.45) is -0.435. The van der Waals surface area contributed by atoms with E-state index in [-0.39, 0.29) is 12.1 Å². The Labute approximate surface area is 126 Å². The van der Waals surface area contributed by atoms with Crippen molar-refractivity contribution in [1.82, 2.24) is 4.98 Å². The molecule has 0 saturated carbocycles. The number of anilines is 1. The molecule has 1 aromatic heterocycles. The van der Waals surface area contributed by atoms with E-state index in [1.54, 1.807) is 0 Å². The van der Waals surface area contributed by atoms with Crippen LogP contribution in [0.5, 0.6) is 0 Å². The molecule has 1 saturated heterocycles. The number of nitrogens with zero attached hydrogens (tertiary/aromatic N) is 1. The van der Waals surface area contributed by atoms with Gasteiger partial charge in [-0.3, -0.25) is 0 Å². The van der Waals surface area contributed by atoms with Crippen LogP contribution in [0, 0.1) is 5.92 Å². The highest BCUT2D eigenvalue weighted by atomic mass is 32.1. The molecule has 1 aliphatic rings. The molecule has 0 radical (unpaired) electrons. The van der Waals surface area contributed by atoms with Crippen molar-refractivity contribution in [2.75, 3.05) is 11.9 Å². The largest absolute Gasteiger partial charge is 0.434 e. The molecule has 2 unspecified atom stereocenters. The smallest absolute Gasteiger partial charge is 0.378 e. The van der Waals surface area contributed by atoms with E-state index < -0.39 is 11.9 Å². The molecule has 0 aromatic carbocycles. The summed E-state index contributed by atoms with van der Waals surface area (Å²) in [6, 6.07) is 0.136. The van der Waals surface area contributed by atoms with Crippen molar-refractivity contribution < 1.29 is 17.9 Å². The summed E-state index contributed by atoms with van der Waals surface area (Å²) in [5.74, 6) is 0.511.